The summed E-state index contributed by atoms with van der Waals surface area (Å²) in [5.74, 6) is 0.540. The third kappa shape index (κ3) is 3.92. The van der Waals surface area contributed by atoms with Crippen LogP contribution in [-0.4, -0.2) is 11.5 Å². The predicted molar refractivity (Wildman–Crippen MR) is 67.6 cm³/mol. The molecule has 0 unspecified atom stereocenters. The predicted octanol–water partition coefficient (Wildman–Crippen LogP) is 3.46. The van der Waals surface area contributed by atoms with Crippen LogP contribution in [0.4, 0.5) is 0 Å². The van der Waals surface area contributed by atoms with E-state index >= 15 is 0 Å². The number of rotatable bonds is 6. The highest BCUT2D eigenvalue weighted by atomic mass is 32.1. The molecule has 0 saturated carbocycles. The molecule has 2 nitrogen and oxygen atoms in total. The van der Waals surface area contributed by atoms with Crippen LogP contribution >= 0.6 is 11.3 Å². The van der Waals surface area contributed by atoms with E-state index < -0.39 is 0 Å². The molecule has 0 radical (unpaired) electrons. The van der Waals surface area contributed by atoms with Gasteiger partial charge in [-0.1, -0.05) is 27.2 Å². The zero-order chi connectivity index (χ0) is 11.3. The number of hydrogen-bond donors (Lipinski definition) is 1. The van der Waals surface area contributed by atoms with Crippen LogP contribution in [0.3, 0.4) is 0 Å². The molecule has 0 aliphatic rings. The van der Waals surface area contributed by atoms with Crippen molar-refractivity contribution in [1.82, 2.24) is 10.3 Å². The summed E-state index contributed by atoms with van der Waals surface area (Å²) in [6, 6.07) is 0. The van der Waals surface area contributed by atoms with Gasteiger partial charge in [0.1, 0.15) is 0 Å². The molecule has 1 heterocycles. The molecule has 0 fully saturated rings. The lowest BCUT2D eigenvalue weighted by Gasteiger charge is -2.06. The molecule has 1 rings (SSSR count). The van der Waals surface area contributed by atoms with Crippen LogP contribution in [0.2, 0.25) is 0 Å². The van der Waals surface area contributed by atoms with E-state index in [9.17, 15) is 0 Å². The maximum Gasteiger partial charge on any atom is 0.0900 e. The van der Waals surface area contributed by atoms with Gasteiger partial charge in [-0.2, -0.15) is 0 Å². The summed E-state index contributed by atoms with van der Waals surface area (Å²) in [6.07, 6.45) is 2.51. The van der Waals surface area contributed by atoms with Crippen molar-refractivity contribution in [2.75, 3.05) is 6.54 Å². The smallest absolute Gasteiger partial charge is 0.0900 e. The van der Waals surface area contributed by atoms with Crippen molar-refractivity contribution in [1.29, 1.82) is 0 Å². The lowest BCUT2D eigenvalue weighted by atomic mass is 10.1. The third-order valence-electron chi connectivity index (χ3n) is 2.37. The summed E-state index contributed by atoms with van der Waals surface area (Å²) >= 11 is 1.83. The maximum absolute atomic E-state index is 4.59. The highest BCUT2D eigenvalue weighted by Gasteiger charge is 2.11. The van der Waals surface area contributed by atoms with Crippen LogP contribution in [0.15, 0.2) is 0 Å². The van der Waals surface area contributed by atoms with E-state index in [1.807, 2.05) is 11.3 Å². The SMILES string of the molecule is CCCCNCc1sc(C)nc1C(C)C. The van der Waals surface area contributed by atoms with Crippen LogP contribution in [-0.2, 0) is 6.54 Å². The Morgan fingerprint density at radius 1 is 1.40 bits per heavy atom. The summed E-state index contributed by atoms with van der Waals surface area (Å²) in [4.78, 5) is 6.00. The largest absolute Gasteiger partial charge is 0.312 e. The minimum atomic E-state index is 0.540. The van der Waals surface area contributed by atoms with Gasteiger partial charge in [0.15, 0.2) is 0 Å². The summed E-state index contributed by atoms with van der Waals surface area (Å²) < 4.78 is 0. The van der Waals surface area contributed by atoms with E-state index in [0.717, 1.165) is 13.1 Å². The molecule has 15 heavy (non-hydrogen) atoms. The Labute approximate surface area is 97.1 Å². The van der Waals surface area contributed by atoms with Crippen molar-refractivity contribution < 1.29 is 0 Å². The Morgan fingerprint density at radius 2 is 2.13 bits per heavy atom. The topological polar surface area (TPSA) is 24.9 Å². The lowest BCUT2D eigenvalue weighted by molar-refractivity contribution is 0.639. The van der Waals surface area contributed by atoms with E-state index in [-0.39, 0.29) is 0 Å². The maximum atomic E-state index is 4.59. The average Bonchev–Trinajstić information content (AvgIpc) is 2.55. The number of nitrogens with zero attached hydrogens (tertiary/aromatic N) is 1. The Bertz CT molecular complexity index is 292. The fourth-order valence-corrected chi connectivity index (χ4v) is 2.63. The van der Waals surface area contributed by atoms with Crippen LogP contribution < -0.4 is 5.32 Å². The van der Waals surface area contributed by atoms with Crippen molar-refractivity contribution in [2.45, 2.75) is 53.0 Å². The fourth-order valence-electron chi connectivity index (χ4n) is 1.57. The standard InChI is InChI=1S/C12H22N2S/c1-5-6-7-13-8-11-12(9(2)3)14-10(4)15-11/h9,13H,5-8H2,1-4H3. The monoisotopic (exact) mass is 226 g/mol. The Hall–Kier alpha value is -0.410. The van der Waals surface area contributed by atoms with Crippen molar-refractivity contribution in [3.8, 4) is 0 Å². The normalized spacial score (nSPS) is 11.3. The van der Waals surface area contributed by atoms with Gasteiger partial charge in [0.25, 0.3) is 0 Å². The second kappa shape index (κ2) is 6.23. The summed E-state index contributed by atoms with van der Waals surface area (Å²) in [6.45, 7) is 10.8. The number of hydrogen-bond acceptors (Lipinski definition) is 3. The molecule has 0 bridgehead atoms. The quantitative estimate of drug-likeness (QED) is 0.751. The number of thiazole rings is 1. The molecule has 0 aliphatic carbocycles. The van der Waals surface area contributed by atoms with Gasteiger partial charge >= 0.3 is 0 Å². The second-order valence-corrected chi connectivity index (χ2v) is 5.51. The van der Waals surface area contributed by atoms with Crippen molar-refractivity contribution >= 4 is 11.3 Å². The molecule has 0 amide bonds. The molecule has 3 heteroatoms. The Morgan fingerprint density at radius 3 is 2.73 bits per heavy atom. The zero-order valence-corrected chi connectivity index (χ0v) is 11.1. The molecule has 0 atom stereocenters. The Kier molecular flexibility index (Phi) is 5.26. The fraction of sp³-hybridized carbons (Fsp3) is 0.750. The minimum absolute atomic E-state index is 0.540. The first-order valence-electron chi connectivity index (χ1n) is 5.82. The summed E-state index contributed by atoms with van der Waals surface area (Å²) in [5.41, 5.74) is 1.28. The molecule has 0 aliphatic heterocycles. The first-order chi connectivity index (χ1) is 7.15. The van der Waals surface area contributed by atoms with E-state index in [1.54, 1.807) is 0 Å². The lowest BCUT2D eigenvalue weighted by Crippen LogP contribution is -2.14. The molecule has 1 aromatic rings. The van der Waals surface area contributed by atoms with E-state index in [1.165, 1.54) is 28.4 Å². The number of aryl methyl sites for hydroxylation is 1. The van der Waals surface area contributed by atoms with Gasteiger partial charge in [0.2, 0.25) is 0 Å². The van der Waals surface area contributed by atoms with Gasteiger partial charge in [-0.15, -0.1) is 11.3 Å². The molecule has 0 saturated heterocycles. The number of nitrogens with one attached hydrogen (secondary N) is 1. The first-order valence-corrected chi connectivity index (χ1v) is 6.63. The van der Waals surface area contributed by atoms with Crippen molar-refractivity contribution in [3.05, 3.63) is 15.6 Å². The Balaban J connectivity index is 2.52. The summed E-state index contributed by atoms with van der Waals surface area (Å²) in [5, 5.41) is 4.67. The van der Waals surface area contributed by atoms with Gasteiger partial charge in [-0.25, -0.2) is 4.98 Å². The van der Waals surface area contributed by atoms with Gasteiger partial charge in [0, 0.05) is 11.4 Å². The molecule has 1 N–H and O–H groups in total. The van der Waals surface area contributed by atoms with E-state index in [0.29, 0.717) is 5.92 Å². The van der Waals surface area contributed by atoms with Gasteiger partial charge in [-0.3, -0.25) is 0 Å². The van der Waals surface area contributed by atoms with E-state index in [2.05, 4.69) is 38.0 Å². The highest BCUT2D eigenvalue weighted by molar-refractivity contribution is 7.11. The molecule has 86 valence electrons. The van der Waals surface area contributed by atoms with Crippen LogP contribution in [0.5, 0.6) is 0 Å². The van der Waals surface area contributed by atoms with Crippen LogP contribution in [0, 0.1) is 6.92 Å². The first kappa shape index (κ1) is 12.7. The van der Waals surface area contributed by atoms with Crippen molar-refractivity contribution in [2.24, 2.45) is 0 Å². The average molecular weight is 226 g/mol. The molecule has 0 aromatic carbocycles. The zero-order valence-electron chi connectivity index (χ0n) is 10.3. The molecule has 1 aromatic heterocycles. The van der Waals surface area contributed by atoms with Crippen LogP contribution in [0.25, 0.3) is 0 Å². The number of unbranched alkanes of at least 4 members (excludes halogenated alkanes) is 1. The summed E-state index contributed by atoms with van der Waals surface area (Å²) in [7, 11) is 0. The van der Waals surface area contributed by atoms with E-state index in [4.69, 9.17) is 0 Å². The van der Waals surface area contributed by atoms with Gasteiger partial charge in [0.05, 0.1) is 10.7 Å². The van der Waals surface area contributed by atoms with Crippen molar-refractivity contribution in [3.63, 3.8) is 0 Å². The van der Waals surface area contributed by atoms with Crippen LogP contribution in [0.1, 0.15) is 55.1 Å². The molecular formula is C12H22N2S. The second-order valence-electron chi connectivity index (χ2n) is 4.23. The van der Waals surface area contributed by atoms with Gasteiger partial charge in [-0.05, 0) is 25.8 Å². The van der Waals surface area contributed by atoms with Gasteiger partial charge < -0.3 is 5.32 Å². The molecule has 0 spiro atoms. The third-order valence-corrected chi connectivity index (χ3v) is 3.36. The minimum Gasteiger partial charge on any atom is -0.312 e. The highest BCUT2D eigenvalue weighted by Crippen LogP contribution is 2.24. The number of aromatic nitrogens is 1. The molecular weight excluding hydrogens is 204 g/mol.